The molecule has 0 bridgehead atoms. The number of thiophene rings is 1. The van der Waals surface area contributed by atoms with Gasteiger partial charge in [-0.3, -0.25) is 4.79 Å². The fraction of sp³-hybridized carbons (Fsp3) is 0.353. The molecule has 0 radical (unpaired) electrons. The first-order valence-electron chi connectivity index (χ1n) is 7.60. The van der Waals surface area contributed by atoms with Crippen LogP contribution in [0.15, 0.2) is 52.7 Å². The van der Waals surface area contributed by atoms with Crippen molar-refractivity contribution in [3.63, 3.8) is 0 Å². The van der Waals surface area contributed by atoms with Gasteiger partial charge in [-0.05, 0) is 36.4 Å². The van der Waals surface area contributed by atoms with Crippen molar-refractivity contribution in [3.8, 4) is 0 Å². The lowest BCUT2D eigenvalue weighted by Crippen LogP contribution is -2.32. The Morgan fingerprint density at radius 2 is 1.87 bits per heavy atom. The summed E-state index contributed by atoms with van der Waals surface area (Å²) < 4.78 is 24.3. The molecule has 1 amide bonds. The molecule has 1 aromatic carbocycles. The van der Waals surface area contributed by atoms with E-state index < -0.39 is 9.84 Å². The average molecular weight is 349 g/mol. The molecule has 1 fully saturated rings. The van der Waals surface area contributed by atoms with Crippen LogP contribution >= 0.6 is 11.3 Å². The minimum absolute atomic E-state index is 0.00223. The molecule has 0 saturated heterocycles. The van der Waals surface area contributed by atoms with Crippen LogP contribution in [0.4, 0.5) is 0 Å². The monoisotopic (exact) mass is 349 g/mol. The third kappa shape index (κ3) is 3.82. The fourth-order valence-corrected chi connectivity index (χ4v) is 4.82. The fourth-order valence-electron chi connectivity index (χ4n) is 2.57. The minimum atomic E-state index is -3.40. The molecule has 3 rings (SSSR count). The van der Waals surface area contributed by atoms with Gasteiger partial charge < -0.3 is 5.32 Å². The summed E-state index contributed by atoms with van der Waals surface area (Å²) in [7, 11) is -3.40. The van der Waals surface area contributed by atoms with E-state index in [1.807, 2.05) is 11.4 Å². The van der Waals surface area contributed by atoms with E-state index in [-0.39, 0.29) is 28.4 Å². The zero-order valence-electron chi connectivity index (χ0n) is 12.7. The quantitative estimate of drug-likeness (QED) is 0.836. The second kappa shape index (κ2) is 6.45. The summed E-state index contributed by atoms with van der Waals surface area (Å²) in [6.07, 6.45) is 2.16. The van der Waals surface area contributed by atoms with Crippen molar-refractivity contribution in [1.29, 1.82) is 0 Å². The van der Waals surface area contributed by atoms with E-state index in [1.165, 1.54) is 4.88 Å². The van der Waals surface area contributed by atoms with Crippen LogP contribution in [-0.4, -0.2) is 26.6 Å². The molecule has 2 aromatic rings. The van der Waals surface area contributed by atoms with Gasteiger partial charge in [-0.25, -0.2) is 8.42 Å². The number of rotatable bonds is 7. The molecular weight excluding hydrogens is 330 g/mol. The first-order chi connectivity index (χ1) is 11.0. The number of carbonyl (C=O) groups excluding carboxylic acids is 1. The van der Waals surface area contributed by atoms with Gasteiger partial charge in [-0.2, -0.15) is 0 Å². The molecule has 1 N–H and O–H groups in total. The van der Waals surface area contributed by atoms with Crippen LogP contribution in [-0.2, 0) is 20.0 Å². The van der Waals surface area contributed by atoms with Gasteiger partial charge in [0.15, 0.2) is 9.84 Å². The summed E-state index contributed by atoms with van der Waals surface area (Å²) in [5.41, 5.74) is 0.0854. The lowest BCUT2D eigenvalue weighted by atomic mass is 10.1. The zero-order chi connectivity index (χ0) is 16.3. The number of carbonyl (C=O) groups is 1. The van der Waals surface area contributed by atoms with Gasteiger partial charge >= 0.3 is 0 Å². The SMILES string of the molecule is O=C(CCS(=O)(=O)c1ccccc1)NCC1(c2cccs2)CC1. The van der Waals surface area contributed by atoms with E-state index in [1.54, 1.807) is 41.7 Å². The Labute approximate surface area is 140 Å². The van der Waals surface area contributed by atoms with E-state index in [9.17, 15) is 13.2 Å². The molecule has 0 spiro atoms. The van der Waals surface area contributed by atoms with Gasteiger partial charge in [0.1, 0.15) is 0 Å². The Hall–Kier alpha value is -1.66. The summed E-state index contributed by atoms with van der Waals surface area (Å²) >= 11 is 1.71. The second-order valence-corrected chi connectivity index (χ2v) is 8.97. The van der Waals surface area contributed by atoms with Crippen LogP contribution < -0.4 is 5.32 Å². The molecule has 1 aromatic heterocycles. The highest BCUT2D eigenvalue weighted by Gasteiger charge is 2.45. The molecule has 122 valence electrons. The lowest BCUT2D eigenvalue weighted by molar-refractivity contribution is -0.120. The number of benzene rings is 1. The summed E-state index contributed by atoms with van der Waals surface area (Å²) in [6, 6.07) is 12.4. The first-order valence-corrected chi connectivity index (χ1v) is 10.1. The normalized spacial score (nSPS) is 16.0. The summed E-state index contributed by atoms with van der Waals surface area (Å²) in [5.74, 6) is -0.359. The van der Waals surface area contributed by atoms with Crippen LogP contribution in [0.2, 0.25) is 0 Å². The number of hydrogen-bond acceptors (Lipinski definition) is 4. The minimum Gasteiger partial charge on any atom is -0.355 e. The van der Waals surface area contributed by atoms with Crippen molar-refractivity contribution in [3.05, 3.63) is 52.7 Å². The van der Waals surface area contributed by atoms with E-state index in [0.29, 0.717) is 6.54 Å². The van der Waals surface area contributed by atoms with Crippen LogP contribution in [0.5, 0.6) is 0 Å². The number of nitrogens with one attached hydrogen (secondary N) is 1. The van der Waals surface area contributed by atoms with Crippen molar-refractivity contribution in [2.45, 2.75) is 29.6 Å². The third-order valence-corrected chi connectivity index (χ3v) is 7.07. The molecule has 4 nitrogen and oxygen atoms in total. The highest BCUT2D eigenvalue weighted by molar-refractivity contribution is 7.91. The van der Waals surface area contributed by atoms with Crippen LogP contribution in [0.1, 0.15) is 24.1 Å². The Morgan fingerprint density at radius 3 is 2.48 bits per heavy atom. The predicted octanol–water partition coefficient (Wildman–Crippen LogP) is 2.76. The van der Waals surface area contributed by atoms with Crippen molar-refractivity contribution >= 4 is 27.1 Å². The Balaban J connectivity index is 1.51. The van der Waals surface area contributed by atoms with Gasteiger partial charge in [0, 0.05) is 23.3 Å². The smallest absolute Gasteiger partial charge is 0.221 e. The molecule has 6 heteroatoms. The Bertz CT molecular complexity index is 763. The van der Waals surface area contributed by atoms with Crippen LogP contribution in [0.25, 0.3) is 0 Å². The maximum atomic E-state index is 12.2. The molecule has 1 aliphatic rings. The van der Waals surface area contributed by atoms with Gasteiger partial charge in [-0.1, -0.05) is 24.3 Å². The highest BCUT2D eigenvalue weighted by atomic mass is 32.2. The number of amides is 1. The largest absolute Gasteiger partial charge is 0.355 e. The zero-order valence-corrected chi connectivity index (χ0v) is 14.3. The molecule has 0 unspecified atom stereocenters. The molecule has 23 heavy (non-hydrogen) atoms. The van der Waals surface area contributed by atoms with E-state index in [4.69, 9.17) is 0 Å². The van der Waals surface area contributed by atoms with Gasteiger partial charge in [0.25, 0.3) is 0 Å². The molecule has 0 aliphatic heterocycles. The Kier molecular flexibility index (Phi) is 4.55. The van der Waals surface area contributed by atoms with Crippen molar-refractivity contribution in [1.82, 2.24) is 5.32 Å². The predicted molar refractivity (Wildman–Crippen MR) is 91.4 cm³/mol. The van der Waals surface area contributed by atoms with Crippen LogP contribution in [0, 0.1) is 0 Å². The van der Waals surface area contributed by atoms with Gasteiger partial charge in [0.05, 0.1) is 10.6 Å². The van der Waals surface area contributed by atoms with E-state index in [0.717, 1.165) is 12.8 Å². The maximum Gasteiger partial charge on any atom is 0.221 e. The summed E-state index contributed by atoms with van der Waals surface area (Å²) in [5, 5.41) is 4.95. The van der Waals surface area contributed by atoms with Gasteiger partial charge in [0.2, 0.25) is 5.91 Å². The highest BCUT2D eigenvalue weighted by Crippen LogP contribution is 2.49. The van der Waals surface area contributed by atoms with Crippen molar-refractivity contribution in [2.24, 2.45) is 0 Å². The van der Waals surface area contributed by atoms with Gasteiger partial charge in [-0.15, -0.1) is 11.3 Å². The van der Waals surface area contributed by atoms with E-state index >= 15 is 0 Å². The number of hydrogen-bond donors (Lipinski definition) is 1. The van der Waals surface area contributed by atoms with Crippen molar-refractivity contribution < 1.29 is 13.2 Å². The molecule has 1 heterocycles. The second-order valence-electron chi connectivity index (χ2n) is 5.92. The van der Waals surface area contributed by atoms with Crippen LogP contribution in [0.3, 0.4) is 0 Å². The molecule has 1 aliphatic carbocycles. The topological polar surface area (TPSA) is 63.2 Å². The molecule has 0 atom stereocenters. The molecular formula is C17H19NO3S2. The summed E-state index contributed by atoms with van der Waals surface area (Å²) in [6.45, 7) is 0.595. The Morgan fingerprint density at radius 1 is 1.13 bits per heavy atom. The van der Waals surface area contributed by atoms with E-state index in [2.05, 4.69) is 11.4 Å². The standard InChI is InChI=1S/C17H19NO3S2/c19-16(8-12-23(20,21)14-5-2-1-3-6-14)18-13-17(9-10-17)15-7-4-11-22-15/h1-7,11H,8-10,12-13H2,(H,18,19). The summed E-state index contributed by atoms with van der Waals surface area (Å²) in [4.78, 5) is 13.6. The maximum absolute atomic E-state index is 12.2. The number of sulfone groups is 1. The van der Waals surface area contributed by atoms with Crippen molar-refractivity contribution in [2.75, 3.05) is 12.3 Å². The first kappa shape index (κ1) is 16.2. The third-order valence-electron chi connectivity index (χ3n) is 4.22. The molecule has 1 saturated carbocycles. The lowest BCUT2D eigenvalue weighted by Gasteiger charge is -2.14. The average Bonchev–Trinajstić information content (AvgIpc) is 3.15.